The molecule has 1 unspecified atom stereocenters. The van der Waals surface area contributed by atoms with Gasteiger partial charge in [-0.25, -0.2) is 13.6 Å². The molecule has 0 saturated carbocycles. The largest absolute Gasteiger partial charge is 0.479 e. The van der Waals surface area contributed by atoms with Gasteiger partial charge in [0.25, 0.3) is 0 Å². The maximum Gasteiger partial charge on any atom is 0.332 e. The molecule has 0 aliphatic heterocycles. The maximum atomic E-state index is 12.8. The van der Waals surface area contributed by atoms with E-state index in [1.54, 1.807) is 0 Å². The summed E-state index contributed by atoms with van der Waals surface area (Å²) in [5.41, 5.74) is 0.0606. The Labute approximate surface area is 101 Å². The van der Waals surface area contributed by atoms with Gasteiger partial charge in [-0.2, -0.15) is 0 Å². The van der Waals surface area contributed by atoms with Crippen molar-refractivity contribution in [3.8, 4) is 0 Å². The van der Waals surface area contributed by atoms with Gasteiger partial charge in [-0.05, 0) is 19.1 Å². The highest BCUT2D eigenvalue weighted by Crippen LogP contribution is 2.12. The van der Waals surface area contributed by atoms with Crippen LogP contribution in [0.3, 0.4) is 0 Å². The normalized spacial score (nSPS) is 11.9. The zero-order valence-corrected chi connectivity index (χ0v) is 9.44. The van der Waals surface area contributed by atoms with Crippen molar-refractivity contribution in [1.29, 1.82) is 0 Å². The van der Waals surface area contributed by atoms with E-state index in [1.807, 2.05) is 0 Å². The average Bonchev–Trinajstić information content (AvgIpc) is 2.30. The molecular formula is C11H11F2NO4. The Kier molecular flexibility index (Phi) is 4.73. The number of carbonyl (C=O) groups is 2. The lowest BCUT2D eigenvalue weighted by Crippen LogP contribution is -2.26. The minimum Gasteiger partial charge on any atom is -0.479 e. The summed E-state index contributed by atoms with van der Waals surface area (Å²) in [4.78, 5) is 21.7. The first-order valence-corrected chi connectivity index (χ1v) is 4.99. The number of hydrogen-bond donors (Lipinski definition) is 2. The molecule has 0 bridgehead atoms. The molecule has 1 rings (SSSR count). The molecule has 1 aromatic rings. The molecular weight excluding hydrogens is 248 g/mol. The molecule has 2 N–H and O–H groups in total. The lowest BCUT2D eigenvalue weighted by molar-refractivity contribution is -0.150. The number of anilines is 1. The summed E-state index contributed by atoms with van der Waals surface area (Å²) in [6.45, 7) is 0.777. The number of halogens is 2. The lowest BCUT2D eigenvalue weighted by atomic mass is 10.3. The van der Waals surface area contributed by atoms with Gasteiger partial charge in [-0.15, -0.1) is 0 Å². The quantitative estimate of drug-likeness (QED) is 0.837. The van der Waals surface area contributed by atoms with E-state index in [-0.39, 0.29) is 5.69 Å². The van der Waals surface area contributed by atoms with Crippen molar-refractivity contribution in [3.63, 3.8) is 0 Å². The molecule has 0 saturated heterocycles. The number of nitrogens with one attached hydrogen (secondary N) is 1. The third-order valence-electron chi connectivity index (χ3n) is 2.02. The minimum atomic E-state index is -1.20. The van der Waals surface area contributed by atoms with E-state index >= 15 is 0 Å². The summed E-state index contributed by atoms with van der Waals surface area (Å²) < 4.78 is 30.1. The topological polar surface area (TPSA) is 75.6 Å². The minimum absolute atomic E-state index is 0.0606. The molecule has 1 amide bonds. The van der Waals surface area contributed by atoms with Crippen molar-refractivity contribution >= 4 is 17.6 Å². The van der Waals surface area contributed by atoms with E-state index in [9.17, 15) is 18.4 Å². The molecule has 0 radical (unpaired) electrons. The highest BCUT2D eigenvalue weighted by molar-refractivity contribution is 5.91. The highest BCUT2D eigenvalue weighted by Gasteiger charge is 2.13. The van der Waals surface area contributed by atoms with E-state index in [2.05, 4.69) is 5.32 Å². The fraction of sp³-hybridized carbons (Fsp3) is 0.273. The number of aliphatic carboxylic acids is 1. The molecule has 18 heavy (non-hydrogen) atoms. The van der Waals surface area contributed by atoms with Crippen molar-refractivity contribution in [1.82, 2.24) is 0 Å². The van der Waals surface area contributed by atoms with Gasteiger partial charge in [0.1, 0.15) is 6.61 Å². The van der Waals surface area contributed by atoms with Crippen LogP contribution in [0.2, 0.25) is 0 Å². The Bertz CT molecular complexity index is 464. The summed E-state index contributed by atoms with van der Waals surface area (Å²) in [5, 5.41) is 10.7. The van der Waals surface area contributed by atoms with E-state index in [1.165, 1.54) is 13.0 Å². The van der Waals surface area contributed by atoms with Crippen LogP contribution in [0.15, 0.2) is 18.2 Å². The van der Waals surface area contributed by atoms with E-state index in [4.69, 9.17) is 9.84 Å². The molecule has 0 aliphatic rings. The fourth-order valence-electron chi connectivity index (χ4n) is 1.04. The Morgan fingerprint density at radius 3 is 2.61 bits per heavy atom. The number of hydrogen-bond acceptors (Lipinski definition) is 3. The van der Waals surface area contributed by atoms with Crippen LogP contribution in [0.1, 0.15) is 6.92 Å². The van der Waals surface area contributed by atoms with Gasteiger partial charge in [-0.3, -0.25) is 4.79 Å². The van der Waals surface area contributed by atoms with E-state index < -0.39 is 36.2 Å². The van der Waals surface area contributed by atoms with Crippen molar-refractivity contribution in [2.75, 3.05) is 11.9 Å². The zero-order chi connectivity index (χ0) is 13.7. The van der Waals surface area contributed by atoms with Crippen LogP contribution in [0.4, 0.5) is 14.5 Å². The second kappa shape index (κ2) is 6.06. The van der Waals surface area contributed by atoms with E-state index in [0.29, 0.717) is 0 Å². The first-order chi connectivity index (χ1) is 8.40. The second-order valence-corrected chi connectivity index (χ2v) is 3.47. The predicted octanol–water partition coefficient (Wildman–Crippen LogP) is 1.39. The predicted molar refractivity (Wildman–Crippen MR) is 58.0 cm³/mol. The molecule has 1 aromatic carbocycles. The average molecular weight is 259 g/mol. The zero-order valence-electron chi connectivity index (χ0n) is 9.44. The third kappa shape index (κ3) is 4.10. The van der Waals surface area contributed by atoms with Crippen molar-refractivity contribution < 1.29 is 28.2 Å². The van der Waals surface area contributed by atoms with Gasteiger partial charge in [0.05, 0.1) is 0 Å². The van der Waals surface area contributed by atoms with Crippen LogP contribution < -0.4 is 5.32 Å². The van der Waals surface area contributed by atoms with Crippen molar-refractivity contribution in [2.45, 2.75) is 13.0 Å². The van der Waals surface area contributed by atoms with Crippen LogP contribution in [0.5, 0.6) is 0 Å². The van der Waals surface area contributed by atoms with E-state index in [0.717, 1.165) is 12.1 Å². The maximum absolute atomic E-state index is 12.8. The summed E-state index contributed by atoms with van der Waals surface area (Å²) in [7, 11) is 0. The number of benzene rings is 1. The molecule has 98 valence electrons. The molecule has 7 heteroatoms. The van der Waals surface area contributed by atoms with Crippen molar-refractivity contribution in [2.24, 2.45) is 0 Å². The molecule has 5 nitrogen and oxygen atoms in total. The van der Waals surface area contributed by atoms with Gasteiger partial charge in [-0.1, -0.05) is 0 Å². The monoisotopic (exact) mass is 259 g/mol. The first-order valence-electron chi connectivity index (χ1n) is 4.99. The number of rotatable bonds is 5. The number of carboxylic acid groups (broad SMARTS) is 1. The molecule has 0 aromatic heterocycles. The molecule has 0 heterocycles. The summed E-state index contributed by atoms with van der Waals surface area (Å²) >= 11 is 0. The van der Waals surface area contributed by atoms with Gasteiger partial charge < -0.3 is 15.2 Å². The number of amides is 1. The van der Waals surface area contributed by atoms with Crippen molar-refractivity contribution in [3.05, 3.63) is 29.8 Å². The summed E-state index contributed by atoms with van der Waals surface area (Å²) in [5.74, 6) is -3.97. The fourth-order valence-corrected chi connectivity index (χ4v) is 1.04. The Morgan fingerprint density at radius 2 is 2.06 bits per heavy atom. The smallest absolute Gasteiger partial charge is 0.332 e. The van der Waals surface area contributed by atoms with Crippen LogP contribution in [0, 0.1) is 11.6 Å². The lowest BCUT2D eigenvalue weighted by Gasteiger charge is -2.09. The molecule has 0 fully saturated rings. The van der Waals surface area contributed by atoms with Gasteiger partial charge in [0.2, 0.25) is 5.91 Å². The van der Waals surface area contributed by atoms with Crippen LogP contribution >= 0.6 is 0 Å². The van der Waals surface area contributed by atoms with Gasteiger partial charge >= 0.3 is 5.97 Å². The standard InChI is InChI=1S/C11H11F2NO4/c1-6(11(16)17)18-5-10(15)14-7-2-3-8(12)9(13)4-7/h2-4,6H,5H2,1H3,(H,14,15)(H,16,17). The molecule has 0 spiro atoms. The first kappa shape index (κ1) is 14.0. The van der Waals surface area contributed by atoms with Gasteiger partial charge in [0, 0.05) is 11.8 Å². The van der Waals surface area contributed by atoms with Crippen LogP contribution in [-0.4, -0.2) is 29.7 Å². The highest BCUT2D eigenvalue weighted by atomic mass is 19.2. The number of ether oxygens (including phenoxy) is 1. The number of carbonyl (C=O) groups excluding carboxylic acids is 1. The summed E-state index contributed by atoms with van der Waals surface area (Å²) in [6.07, 6.45) is -1.12. The Morgan fingerprint density at radius 1 is 1.39 bits per heavy atom. The van der Waals surface area contributed by atoms with Crippen LogP contribution in [-0.2, 0) is 14.3 Å². The Balaban J connectivity index is 2.49. The van der Waals surface area contributed by atoms with Gasteiger partial charge in [0.15, 0.2) is 17.7 Å². The molecule has 0 aliphatic carbocycles. The Hall–Kier alpha value is -2.02. The third-order valence-corrected chi connectivity index (χ3v) is 2.02. The number of carboxylic acids is 1. The summed E-state index contributed by atoms with van der Waals surface area (Å²) in [6, 6.07) is 2.86. The second-order valence-electron chi connectivity index (χ2n) is 3.47. The molecule has 1 atom stereocenters. The van der Waals surface area contributed by atoms with Crippen LogP contribution in [0.25, 0.3) is 0 Å². The SMILES string of the molecule is CC(OCC(=O)Nc1ccc(F)c(F)c1)C(=O)O.